The molecule has 0 radical (unpaired) electrons. The number of nitrogens with zero attached hydrogens (tertiary/aromatic N) is 3. The van der Waals surface area contributed by atoms with Crippen molar-refractivity contribution in [1.82, 2.24) is 14.8 Å². The van der Waals surface area contributed by atoms with E-state index in [0.717, 1.165) is 10.7 Å². The summed E-state index contributed by atoms with van der Waals surface area (Å²) in [6, 6.07) is 7.39. The molecule has 0 saturated carbocycles. The summed E-state index contributed by atoms with van der Waals surface area (Å²) in [6.07, 6.45) is 0. The van der Waals surface area contributed by atoms with Crippen LogP contribution in [0.3, 0.4) is 0 Å². The molecule has 2 aromatic rings. The Hall–Kier alpha value is -1.48. The molecule has 1 aromatic heterocycles. The van der Waals surface area contributed by atoms with Gasteiger partial charge in [0.05, 0.1) is 5.75 Å². The summed E-state index contributed by atoms with van der Waals surface area (Å²) in [5.74, 6) is 7.26. The quantitative estimate of drug-likeness (QED) is 0.695. The van der Waals surface area contributed by atoms with E-state index in [1.807, 2.05) is 31.3 Å². The van der Waals surface area contributed by atoms with Crippen molar-refractivity contribution in [3.8, 4) is 11.8 Å². The van der Waals surface area contributed by atoms with Crippen molar-refractivity contribution in [2.45, 2.75) is 11.8 Å². The van der Waals surface area contributed by atoms with E-state index in [1.165, 1.54) is 11.8 Å². The minimum absolute atomic E-state index is 0.111. The third-order valence-electron chi connectivity index (χ3n) is 2.42. The van der Waals surface area contributed by atoms with E-state index < -0.39 is 0 Å². The first-order valence-corrected chi connectivity index (χ1v) is 6.93. The molecule has 1 heterocycles. The molecule has 2 rings (SSSR count). The zero-order valence-corrected chi connectivity index (χ0v) is 11.9. The Bertz CT molecular complexity index is 613. The minimum Gasteiger partial charge on any atom is -0.388 e. The standard InChI is InChI=1S/C13H12ClN3OS/c1-17-12(9-18)15-16-13(17)19-8-2-3-10-4-6-11(14)7-5-10/h4-7,18H,8-9H2,1H3. The number of aromatic nitrogens is 3. The molecule has 0 atom stereocenters. The van der Waals surface area contributed by atoms with Crippen LogP contribution in [0.25, 0.3) is 0 Å². The molecule has 1 aromatic carbocycles. The average Bonchev–Trinajstić information content (AvgIpc) is 2.77. The minimum atomic E-state index is -0.111. The van der Waals surface area contributed by atoms with Gasteiger partial charge in [0.1, 0.15) is 6.61 Å². The van der Waals surface area contributed by atoms with Crippen molar-refractivity contribution in [1.29, 1.82) is 0 Å². The molecule has 19 heavy (non-hydrogen) atoms. The van der Waals surface area contributed by atoms with Crippen molar-refractivity contribution in [3.05, 3.63) is 40.7 Å². The maximum Gasteiger partial charge on any atom is 0.191 e. The first-order valence-electron chi connectivity index (χ1n) is 5.57. The normalized spacial score (nSPS) is 10.1. The predicted molar refractivity (Wildman–Crippen MR) is 76.0 cm³/mol. The molecule has 0 saturated heterocycles. The number of hydrogen-bond donors (Lipinski definition) is 1. The Balaban J connectivity index is 1.93. The zero-order chi connectivity index (χ0) is 13.7. The Morgan fingerprint density at radius 3 is 2.68 bits per heavy atom. The largest absolute Gasteiger partial charge is 0.388 e. The highest BCUT2D eigenvalue weighted by molar-refractivity contribution is 7.99. The lowest BCUT2D eigenvalue weighted by Crippen LogP contribution is -1.98. The average molecular weight is 294 g/mol. The second-order valence-electron chi connectivity index (χ2n) is 3.71. The lowest BCUT2D eigenvalue weighted by molar-refractivity contribution is 0.266. The van der Waals surface area contributed by atoms with Crippen LogP contribution in [0.1, 0.15) is 11.4 Å². The first kappa shape index (κ1) is 13.9. The van der Waals surface area contributed by atoms with Crippen LogP contribution in [0.5, 0.6) is 0 Å². The van der Waals surface area contributed by atoms with Gasteiger partial charge in [0.25, 0.3) is 0 Å². The molecule has 0 aliphatic rings. The molecule has 6 heteroatoms. The predicted octanol–water partition coefficient (Wildman–Crippen LogP) is 2.10. The van der Waals surface area contributed by atoms with Crippen molar-refractivity contribution < 1.29 is 5.11 Å². The second-order valence-corrected chi connectivity index (χ2v) is 5.09. The molecule has 0 aliphatic heterocycles. The van der Waals surface area contributed by atoms with Crippen LogP contribution in [0.15, 0.2) is 29.4 Å². The summed E-state index contributed by atoms with van der Waals surface area (Å²) < 4.78 is 1.76. The maximum atomic E-state index is 9.00. The maximum absolute atomic E-state index is 9.00. The van der Waals surface area contributed by atoms with Crippen LogP contribution >= 0.6 is 23.4 Å². The number of aliphatic hydroxyl groups is 1. The van der Waals surface area contributed by atoms with Crippen LogP contribution in [0.4, 0.5) is 0 Å². The molecular weight excluding hydrogens is 282 g/mol. The Labute approximate surface area is 120 Å². The van der Waals surface area contributed by atoms with Crippen LogP contribution < -0.4 is 0 Å². The van der Waals surface area contributed by atoms with E-state index in [9.17, 15) is 0 Å². The van der Waals surface area contributed by atoms with Crippen molar-refractivity contribution in [2.24, 2.45) is 7.05 Å². The van der Waals surface area contributed by atoms with Gasteiger partial charge in [-0.1, -0.05) is 35.2 Å². The molecule has 0 fully saturated rings. The van der Waals surface area contributed by atoms with Gasteiger partial charge in [-0.25, -0.2) is 0 Å². The third-order valence-corrected chi connectivity index (χ3v) is 3.57. The monoisotopic (exact) mass is 293 g/mol. The van der Waals surface area contributed by atoms with Crippen molar-refractivity contribution >= 4 is 23.4 Å². The van der Waals surface area contributed by atoms with Crippen LogP contribution in [0, 0.1) is 11.8 Å². The van der Waals surface area contributed by atoms with Gasteiger partial charge in [-0.3, -0.25) is 0 Å². The van der Waals surface area contributed by atoms with Crippen LogP contribution in [-0.2, 0) is 13.7 Å². The van der Waals surface area contributed by atoms with Gasteiger partial charge in [0, 0.05) is 17.6 Å². The van der Waals surface area contributed by atoms with E-state index in [2.05, 4.69) is 22.0 Å². The molecule has 98 valence electrons. The summed E-state index contributed by atoms with van der Waals surface area (Å²) in [5.41, 5.74) is 0.930. The fraction of sp³-hybridized carbons (Fsp3) is 0.231. The number of hydrogen-bond acceptors (Lipinski definition) is 4. The van der Waals surface area contributed by atoms with Crippen molar-refractivity contribution in [3.63, 3.8) is 0 Å². The van der Waals surface area contributed by atoms with E-state index >= 15 is 0 Å². The zero-order valence-electron chi connectivity index (χ0n) is 10.3. The van der Waals surface area contributed by atoms with E-state index in [1.54, 1.807) is 4.57 Å². The van der Waals surface area contributed by atoms with Gasteiger partial charge < -0.3 is 9.67 Å². The summed E-state index contributed by atoms with van der Waals surface area (Å²) in [5, 5.41) is 18.3. The molecular formula is C13H12ClN3OS. The van der Waals surface area contributed by atoms with E-state index in [0.29, 0.717) is 16.6 Å². The summed E-state index contributed by atoms with van der Waals surface area (Å²) in [6.45, 7) is -0.111. The molecule has 0 bridgehead atoms. The van der Waals surface area contributed by atoms with Gasteiger partial charge in [-0.05, 0) is 24.3 Å². The summed E-state index contributed by atoms with van der Waals surface area (Å²) >= 11 is 7.28. The number of halogens is 1. The highest BCUT2D eigenvalue weighted by Crippen LogP contribution is 2.14. The molecule has 1 N–H and O–H groups in total. The van der Waals surface area contributed by atoms with E-state index in [-0.39, 0.29) is 6.61 Å². The van der Waals surface area contributed by atoms with Gasteiger partial charge in [-0.15, -0.1) is 10.2 Å². The highest BCUT2D eigenvalue weighted by atomic mass is 35.5. The smallest absolute Gasteiger partial charge is 0.191 e. The number of aliphatic hydroxyl groups excluding tert-OH is 1. The van der Waals surface area contributed by atoms with E-state index in [4.69, 9.17) is 16.7 Å². The SMILES string of the molecule is Cn1c(CO)nnc1SCC#Cc1ccc(Cl)cc1. The Morgan fingerprint density at radius 2 is 2.05 bits per heavy atom. The van der Waals surface area contributed by atoms with Gasteiger partial charge in [-0.2, -0.15) is 0 Å². The third kappa shape index (κ3) is 3.74. The molecule has 0 amide bonds. The second kappa shape index (κ2) is 6.62. The fourth-order valence-corrected chi connectivity index (χ4v) is 2.18. The lowest BCUT2D eigenvalue weighted by Gasteiger charge is -1.98. The summed E-state index contributed by atoms with van der Waals surface area (Å²) in [7, 11) is 1.82. The Morgan fingerprint density at radius 1 is 1.32 bits per heavy atom. The van der Waals surface area contributed by atoms with Crippen LogP contribution in [0.2, 0.25) is 5.02 Å². The molecule has 0 unspecified atom stereocenters. The number of benzene rings is 1. The van der Waals surface area contributed by atoms with Crippen LogP contribution in [-0.4, -0.2) is 25.6 Å². The number of rotatable bonds is 3. The fourth-order valence-electron chi connectivity index (χ4n) is 1.38. The molecule has 0 aliphatic carbocycles. The number of thioether (sulfide) groups is 1. The van der Waals surface area contributed by atoms with Gasteiger partial charge >= 0.3 is 0 Å². The topological polar surface area (TPSA) is 50.9 Å². The van der Waals surface area contributed by atoms with Crippen molar-refractivity contribution in [2.75, 3.05) is 5.75 Å². The first-order chi connectivity index (χ1) is 9.20. The summed E-state index contributed by atoms with van der Waals surface area (Å²) in [4.78, 5) is 0. The lowest BCUT2D eigenvalue weighted by atomic mass is 10.2. The van der Waals surface area contributed by atoms with Gasteiger partial charge in [0.15, 0.2) is 11.0 Å². The Kier molecular flexibility index (Phi) is 4.86. The molecule has 4 nitrogen and oxygen atoms in total. The van der Waals surface area contributed by atoms with Gasteiger partial charge in [0.2, 0.25) is 0 Å². The molecule has 0 spiro atoms. The highest BCUT2D eigenvalue weighted by Gasteiger charge is 2.06.